The van der Waals surface area contributed by atoms with Crippen molar-refractivity contribution in [3.05, 3.63) is 35.9 Å². The average Bonchev–Trinajstić information content (AvgIpc) is 3.07. The first-order valence-electron chi connectivity index (χ1n) is 6.42. The van der Waals surface area contributed by atoms with Crippen molar-refractivity contribution in [2.45, 2.75) is 44.8 Å². The van der Waals surface area contributed by atoms with Crippen molar-refractivity contribution in [1.82, 2.24) is 0 Å². The van der Waals surface area contributed by atoms with Crippen LogP contribution < -0.4 is 5.73 Å². The third kappa shape index (κ3) is 3.10. The zero-order valence-electron chi connectivity index (χ0n) is 11.2. The topological polar surface area (TPSA) is 52.3 Å². The molecule has 1 aliphatic rings. The molecule has 3 unspecified atom stereocenters. The van der Waals surface area contributed by atoms with Gasteiger partial charge in [-0.15, -0.1) is 0 Å². The fraction of sp³-hybridized carbons (Fsp3) is 0.533. The highest BCUT2D eigenvalue weighted by atomic mass is 16.6. The van der Waals surface area contributed by atoms with Crippen molar-refractivity contribution in [3.63, 3.8) is 0 Å². The predicted molar refractivity (Wildman–Crippen MR) is 71.1 cm³/mol. The summed E-state index contributed by atoms with van der Waals surface area (Å²) in [5.74, 6) is 0.349. The number of hydrogen-bond acceptors (Lipinski definition) is 3. The third-order valence-electron chi connectivity index (χ3n) is 3.21. The quantitative estimate of drug-likeness (QED) is 0.835. The summed E-state index contributed by atoms with van der Waals surface area (Å²) >= 11 is 0. The largest absolute Gasteiger partial charge is 0.459 e. The lowest BCUT2D eigenvalue weighted by atomic mass is 10.1. The summed E-state index contributed by atoms with van der Waals surface area (Å²) in [4.78, 5) is 11.9. The molecule has 3 atom stereocenters. The molecule has 2 rings (SSSR count). The van der Waals surface area contributed by atoms with Gasteiger partial charge in [0.2, 0.25) is 0 Å². The normalized spacial score (nSPS) is 24.4. The molecule has 1 fully saturated rings. The van der Waals surface area contributed by atoms with E-state index in [1.54, 1.807) is 0 Å². The number of nitrogens with two attached hydrogens (primary N) is 1. The van der Waals surface area contributed by atoms with Crippen LogP contribution in [0, 0.1) is 5.92 Å². The fourth-order valence-electron chi connectivity index (χ4n) is 2.24. The molecule has 0 aromatic heterocycles. The number of rotatable bonds is 3. The van der Waals surface area contributed by atoms with Crippen LogP contribution in [0.15, 0.2) is 30.3 Å². The van der Waals surface area contributed by atoms with Gasteiger partial charge in [0.25, 0.3) is 0 Å². The van der Waals surface area contributed by atoms with Gasteiger partial charge in [-0.05, 0) is 44.6 Å². The second kappa shape index (κ2) is 4.73. The Bertz CT molecular complexity index is 422. The number of hydrogen-bond donors (Lipinski definition) is 1. The van der Waals surface area contributed by atoms with Crippen LogP contribution in [0.25, 0.3) is 0 Å². The van der Waals surface area contributed by atoms with Crippen LogP contribution in [-0.4, -0.2) is 17.6 Å². The van der Waals surface area contributed by atoms with Crippen LogP contribution in [0.3, 0.4) is 0 Å². The molecule has 1 aromatic carbocycles. The Balaban J connectivity index is 1.93. The van der Waals surface area contributed by atoms with E-state index >= 15 is 0 Å². The minimum absolute atomic E-state index is 0.224. The van der Waals surface area contributed by atoms with Gasteiger partial charge in [-0.2, -0.15) is 0 Å². The minimum atomic E-state index is -0.505. The summed E-state index contributed by atoms with van der Waals surface area (Å²) in [6.07, 6.45) is 0.977. The van der Waals surface area contributed by atoms with Crippen molar-refractivity contribution >= 4 is 5.97 Å². The Hall–Kier alpha value is -1.35. The van der Waals surface area contributed by atoms with Crippen LogP contribution in [0.2, 0.25) is 0 Å². The summed E-state index contributed by atoms with van der Waals surface area (Å²) in [6, 6.07) is 9.70. The number of carbonyl (C=O) groups is 1. The highest BCUT2D eigenvalue weighted by Gasteiger charge is 2.46. The SMILES string of the molecule is CC(C)(C)OC(=O)C(N)C1CC1c1ccccc1. The Kier molecular flexibility index (Phi) is 3.44. The minimum Gasteiger partial charge on any atom is -0.459 e. The molecule has 0 saturated heterocycles. The van der Waals surface area contributed by atoms with E-state index in [0.717, 1.165) is 6.42 Å². The summed E-state index contributed by atoms with van der Waals surface area (Å²) in [5.41, 5.74) is 6.78. The second-order valence-electron chi connectivity index (χ2n) is 5.98. The monoisotopic (exact) mass is 247 g/mol. The molecule has 0 aliphatic heterocycles. The van der Waals surface area contributed by atoms with E-state index in [9.17, 15) is 4.79 Å². The first kappa shape index (κ1) is 13.1. The van der Waals surface area contributed by atoms with Crippen molar-refractivity contribution in [2.75, 3.05) is 0 Å². The fourth-order valence-corrected chi connectivity index (χ4v) is 2.24. The van der Waals surface area contributed by atoms with Crippen LogP contribution in [0.4, 0.5) is 0 Å². The number of benzene rings is 1. The van der Waals surface area contributed by atoms with E-state index < -0.39 is 11.6 Å². The Morgan fingerprint density at radius 2 is 1.94 bits per heavy atom. The number of esters is 1. The second-order valence-corrected chi connectivity index (χ2v) is 5.98. The Labute approximate surface area is 108 Å². The van der Waals surface area contributed by atoms with Crippen molar-refractivity contribution < 1.29 is 9.53 Å². The van der Waals surface area contributed by atoms with Gasteiger partial charge in [0.15, 0.2) is 0 Å². The van der Waals surface area contributed by atoms with Gasteiger partial charge in [-0.3, -0.25) is 4.79 Å². The maximum absolute atomic E-state index is 11.9. The molecule has 0 spiro atoms. The van der Waals surface area contributed by atoms with Crippen molar-refractivity contribution in [1.29, 1.82) is 0 Å². The summed E-state index contributed by atoms with van der Waals surface area (Å²) in [5, 5.41) is 0. The molecule has 1 aliphatic carbocycles. The lowest BCUT2D eigenvalue weighted by Gasteiger charge is -2.22. The zero-order valence-corrected chi connectivity index (χ0v) is 11.2. The maximum Gasteiger partial charge on any atom is 0.323 e. The molecule has 3 nitrogen and oxygen atoms in total. The van der Waals surface area contributed by atoms with Crippen molar-refractivity contribution in [3.8, 4) is 0 Å². The maximum atomic E-state index is 11.9. The number of ether oxygens (including phenoxy) is 1. The van der Waals surface area contributed by atoms with E-state index in [0.29, 0.717) is 5.92 Å². The van der Waals surface area contributed by atoms with Gasteiger partial charge in [0.1, 0.15) is 11.6 Å². The van der Waals surface area contributed by atoms with Gasteiger partial charge < -0.3 is 10.5 Å². The van der Waals surface area contributed by atoms with Gasteiger partial charge >= 0.3 is 5.97 Å². The predicted octanol–water partition coefficient (Wildman–Crippen LogP) is 2.46. The van der Waals surface area contributed by atoms with Crippen LogP contribution in [0.5, 0.6) is 0 Å². The highest BCUT2D eigenvalue weighted by Crippen LogP contribution is 2.49. The molecule has 2 N–H and O–H groups in total. The molecule has 3 heteroatoms. The van der Waals surface area contributed by atoms with E-state index in [-0.39, 0.29) is 11.9 Å². The molecular weight excluding hydrogens is 226 g/mol. The zero-order chi connectivity index (χ0) is 13.3. The summed E-state index contributed by atoms with van der Waals surface area (Å²) in [7, 11) is 0. The molecule has 0 bridgehead atoms. The third-order valence-corrected chi connectivity index (χ3v) is 3.21. The molecule has 1 aromatic rings. The van der Waals surface area contributed by atoms with Crippen molar-refractivity contribution in [2.24, 2.45) is 11.7 Å². The van der Waals surface area contributed by atoms with Gasteiger partial charge in [0, 0.05) is 0 Å². The molecule has 0 radical (unpaired) electrons. The lowest BCUT2D eigenvalue weighted by molar-refractivity contribution is -0.157. The van der Waals surface area contributed by atoms with Crippen LogP contribution in [0.1, 0.15) is 38.7 Å². The molecule has 98 valence electrons. The van der Waals surface area contributed by atoms with Crippen LogP contribution in [-0.2, 0) is 9.53 Å². The molecule has 0 heterocycles. The Morgan fingerprint density at radius 1 is 1.33 bits per heavy atom. The van der Waals surface area contributed by atoms with Crippen LogP contribution >= 0.6 is 0 Å². The van der Waals surface area contributed by atoms with Gasteiger partial charge in [-0.1, -0.05) is 30.3 Å². The smallest absolute Gasteiger partial charge is 0.323 e. The van der Waals surface area contributed by atoms with E-state index in [1.807, 2.05) is 39.0 Å². The average molecular weight is 247 g/mol. The van der Waals surface area contributed by atoms with Gasteiger partial charge in [-0.25, -0.2) is 0 Å². The summed E-state index contributed by atoms with van der Waals surface area (Å²) < 4.78 is 5.32. The van der Waals surface area contributed by atoms with Gasteiger partial charge in [0.05, 0.1) is 0 Å². The highest BCUT2D eigenvalue weighted by molar-refractivity contribution is 5.77. The first-order chi connectivity index (χ1) is 8.38. The van der Waals surface area contributed by atoms with E-state index in [4.69, 9.17) is 10.5 Å². The van der Waals surface area contributed by atoms with E-state index in [1.165, 1.54) is 5.56 Å². The molecule has 18 heavy (non-hydrogen) atoms. The molecular formula is C15H21NO2. The standard InChI is InChI=1S/C15H21NO2/c1-15(2,3)18-14(17)13(16)12-9-11(12)10-7-5-4-6-8-10/h4-8,11-13H,9,16H2,1-3H3. The molecule has 0 amide bonds. The first-order valence-corrected chi connectivity index (χ1v) is 6.42. The Morgan fingerprint density at radius 3 is 2.50 bits per heavy atom. The summed E-state index contributed by atoms with van der Waals surface area (Å²) in [6.45, 7) is 5.58. The van der Waals surface area contributed by atoms with E-state index in [2.05, 4.69) is 12.1 Å². The number of carbonyl (C=O) groups excluding carboxylic acids is 1. The molecule has 1 saturated carbocycles. The lowest BCUT2D eigenvalue weighted by Crippen LogP contribution is -2.39.